The number of nitrogens with zero attached hydrogens (tertiary/aromatic N) is 1. The number of fused-ring (bicyclic) bond motifs is 1. The largest absolute Gasteiger partial charge is 0.326 e. The second-order valence-corrected chi connectivity index (χ2v) is 5.60. The minimum Gasteiger partial charge on any atom is -0.306 e. The maximum absolute atomic E-state index is 11.8. The first-order valence-corrected chi connectivity index (χ1v) is 5.56. The van der Waals surface area contributed by atoms with Gasteiger partial charge in [-0.3, -0.25) is 4.57 Å². The van der Waals surface area contributed by atoms with E-state index in [0.717, 1.165) is 17.6 Å². The molecular formula is C13H18N2O. The highest BCUT2D eigenvalue weighted by atomic mass is 16.1. The standard InChI is InChI=1S/C13H18N2O/c1-9-5-6-10-11(7-9)15(12(16)14-10)8-13(2,3)4/h5-7H,8H2,1-4H3,(H,14,16). The molecule has 0 bridgehead atoms. The highest BCUT2D eigenvalue weighted by molar-refractivity contribution is 5.75. The Kier molecular flexibility index (Phi) is 2.41. The molecule has 0 atom stereocenters. The van der Waals surface area contributed by atoms with Crippen LogP contribution in [0.15, 0.2) is 23.0 Å². The first-order chi connectivity index (χ1) is 7.37. The summed E-state index contributed by atoms with van der Waals surface area (Å²) in [7, 11) is 0. The molecule has 2 aromatic rings. The van der Waals surface area contributed by atoms with Gasteiger partial charge in [0.1, 0.15) is 0 Å². The van der Waals surface area contributed by atoms with Crippen molar-refractivity contribution in [3.05, 3.63) is 34.2 Å². The summed E-state index contributed by atoms with van der Waals surface area (Å²) in [6.45, 7) is 9.17. The Labute approximate surface area is 95.1 Å². The average Bonchev–Trinajstić information content (AvgIpc) is 2.42. The Morgan fingerprint density at radius 1 is 1.31 bits per heavy atom. The highest BCUT2D eigenvalue weighted by Crippen LogP contribution is 2.19. The molecule has 3 nitrogen and oxygen atoms in total. The van der Waals surface area contributed by atoms with Crippen LogP contribution in [-0.2, 0) is 6.54 Å². The van der Waals surface area contributed by atoms with Crippen LogP contribution in [0.3, 0.4) is 0 Å². The molecule has 16 heavy (non-hydrogen) atoms. The van der Waals surface area contributed by atoms with E-state index in [2.05, 4.69) is 31.8 Å². The van der Waals surface area contributed by atoms with Gasteiger partial charge >= 0.3 is 5.69 Å². The summed E-state index contributed by atoms with van der Waals surface area (Å²) >= 11 is 0. The van der Waals surface area contributed by atoms with E-state index in [0.29, 0.717) is 0 Å². The van der Waals surface area contributed by atoms with E-state index in [1.54, 1.807) is 0 Å². The summed E-state index contributed by atoms with van der Waals surface area (Å²) in [6, 6.07) is 6.03. The van der Waals surface area contributed by atoms with Crippen molar-refractivity contribution in [2.45, 2.75) is 34.2 Å². The summed E-state index contributed by atoms with van der Waals surface area (Å²) in [5, 5.41) is 0. The maximum atomic E-state index is 11.8. The molecular weight excluding hydrogens is 200 g/mol. The van der Waals surface area contributed by atoms with E-state index < -0.39 is 0 Å². The van der Waals surface area contributed by atoms with Crippen molar-refractivity contribution in [3.63, 3.8) is 0 Å². The van der Waals surface area contributed by atoms with Crippen molar-refractivity contribution >= 4 is 11.0 Å². The van der Waals surface area contributed by atoms with Gasteiger partial charge in [-0.25, -0.2) is 4.79 Å². The number of aromatic nitrogens is 2. The number of nitrogens with one attached hydrogen (secondary N) is 1. The van der Waals surface area contributed by atoms with Crippen LogP contribution >= 0.6 is 0 Å². The first-order valence-electron chi connectivity index (χ1n) is 5.56. The van der Waals surface area contributed by atoms with Crippen LogP contribution in [0.2, 0.25) is 0 Å². The molecule has 0 amide bonds. The molecule has 0 aliphatic carbocycles. The SMILES string of the molecule is Cc1ccc2[nH]c(=O)n(CC(C)(C)C)c2c1. The van der Waals surface area contributed by atoms with E-state index in [1.165, 1.54) is 5.56 Å². The summed E-state index contributed by atoms with van der Waals surface area (Å²) in [6.07, 6.45) is 0. The number of imidazole rings is 1. The third-order valence-corrected chi connectivity index (χ3v) is 2.56. The van der Waals surface area contributed by atoms with Crippen LogP contribution in [0.25, 0.3) is 11.0 Å². The van der Waals surface area contributed by atoms with Gasteiger partial charge in [-0.2, -0.15) is 0 Å². The zero-order valence-electron chi connectivity index (χ0n) is 10.3. The minimum atomic E-state index is -0.0180. The second kappa shape index (κ2) is 3.51. The molecule has 0 radical (unpaired) electrons. The zero-order chi connectivity index (χ0) is 11.9. The predicted molar refractivity (Wildman–Crippen MR) is 66.8 cm³/mol. The number of rotatable bonds is 1. The summed E-state index contributed by atoms with van der Waals surface area (Å²) in [5.41, 5.74) is 3.17. The molecule has 0 saturated carbocycles. The van der Waals surface area contributed by atoms with Crippen molar-refractivity contribution < 1.29 is 0 Å². The number of hydrogen-bond acceptors (Lipinski definition) is 1. The number of aryl methyl sites for hydroxylation is 1. The molecule has 1 aromatic heterocycles. The Morgan fingerprint density at radius 3 is 2.62 bits per heavy atom. The lowest BCUT2D eigenvalue weighted by atomic mass is 9.97. The fourth-order valence-electron chi connectivity index (χ4n) is 1.89. The fourth-order valence-corrected chi connectivity index (χ4v) is 1.89. The lowest BCUT2D eigenvalue weighted by molar-refractivity contribution is 0.344. The summed E-state index contributed by atoms with van der Waals surface area (Å²) in [5.74, 6) is 0. The van der Waals surface area contributed by atoms with Gasteiger partial charge in [0.15, 0.2) is 0 Å². The quantitative estimate of drug-likeness (QED) is 0.785. The van der Waals surface area contributed by atoms with E-state index in [1.807, 2.05) is 23.6 Å². The third-order valence-electron chi connectivity index (χ3n) is 2.56. The van der Waals surface area contributed by atoms with Crippen LogP contribution < -0.4 is 5.69 Å². The Hall–Kier alpha value is -1.51. The van der Waals surface area contributed by atoms with Crippen LogP contribution in [0.5, 0.6) is 0 Å². The number of benzene rings is 1. The van der Waals surface area contributed by atoms with Gasteiger partial charge in [-0.1, -0.05) is 26.8 Å². The molecule has 1 N–H and O–H groups in total. The van der Waals surface area contributed by atoms with Gasteiger partial charge in [-0.05, 0) is 30.0 Å². The number of hydrogen-bond donors (Lipinski definition) is 1. The third kappa shape index (κ3) is 2.03. The van der Waals surface area contributed by atoms with Gasteiger partial charge in [0, 0.05) is 6.54 Å². The molecule has 2 rings (SSSR count). The Morgan fingerprint density at radius 2 is 2.00 bits per heavy atom. The molecule has 86 valence electrons. The van der Waals surface area contributed by atoms with E-state index in [-0.39, 0.29) is 11.1 Å². The van der Waals surface area contributed by atoms with Crippen molar-refractivity contribution in [1.82, 2.24) is 9.55 Å². The Bertz CT molecular complexity index is 570. The van der Waals surface area contributed by atoms with E-state index in [4.69, 9.17) is 0 Å². The van der Waals surface area contributed by atoms with Gasteiger partial charge < -0.3 is 4.98 Å². The van der Waals surface area contributed by atoms with Crippen LogP contribution in [0.1, 0.15) is 26.3 Å². The molecule has 0 spiro atoms. The van der Waals surface area contributed by atoms with Gasteiger partial charge in [-0.15, -0.1) is 0 Å². The predicted octanol–water partition coefficient (Wildman–Crippen LogP) is 2.68. The minimum absolute atomic E-state index is 0.0180. The molecule has 0 unspecified atom stereocenters. The summed E-state index contributed by atoms with van der Waals surface area (Å²) in [4.78, 5) is 14.7. The topological polar surface area (TPSA) is 37.8 Å². The zero-order valence-corrected chi connectivity index (χ0v) is 10.3. The number of aromatic amines is 1. The maximum Gasteiger partial charge on any atom is 0.326 e. The molecule has 3 heteroatoms. The van der Waals surface area contributed by atoms with Crippen molar-refractivity contribution in [2.75, 3.05) is 0 Å². The molecule has 0 aliphatic rings. The molecule has 1 aromatic carbocycles. The van der Waals surface area contributed by atoms with Crippen LogP contribution in [0.4, 0.5) is 0 Å². The highest BCUT2D eigenvalue weighted by Gasteiger charge is 2.15. The van der Waals surface area contributed by atoms with Crippen LogP contribution in [-0.4, -0.2) is 9.55 Å². The lowest BCUT2D eigenvalue weighted by Crippen LogP contribution is -2.24. The van der Waals surface area contributed by atoms with E-state index in [9.17, 15) is 4.79 Å². The molecule has 0 saturated heterocycles. The molecule has 0 fully saturated rings. The smallest absolute Gasteiger partial charge is 0.306 e. The Balaban J connectivity index is 2.63. The normalized spacial score (nSPS) is 12.2. The molecule has 1 heterocycles. The van der Waals surface area contributed by atoms with Gasteiger partial charge in [0.2, 0.25) is 0 Å². The fraction of sp³-hybridized carbons (Fsp3) is 0.462. The first kappa shape index (κ1) is 11.0. The van der Waals surface area contributed by atoms with Crippen molar-refractivity contribution in [1.29, 1.82) is 0 Å². The van der Waals surface area contributed by atoms with Crippen molar-refractivity contribution in [3.8, 4) is 0 Å². The second-order valence-electron chi connectivity index (χ2n) is 5.60. The average molecular weight is 218 g/mol. The van der Waals surface area contributed by atoms with Gasteiger partial charge in [0.05, 0.1) is 11.0 Å². The number of H-pyrrole nitrogens is 1. The summed E-state index contributed by atoms with van der Waals surface area (Å²) < 4.78 is 1.82. The molecule has 0 aliphatic heterocycles. The van der Waals surface area contributed by atoms with Gasteiger partial charge in [0.25, 0.3) is 0 Å². The lowest BCUT2D eigenvalue weighted by Gasteiger charge is -2.18. The van der Waals surface area contributed by atoms with Crippen molar-refractivity contribution in [2.24, 2.45) is 5.41 Å². The van der Waals surface area contributed by atoms with Crippen LogP contribution in [0, 0.1) is 12.3 Å². The monoisotopic (exact) mass is 218 g/mol. The van der Waals surface area contributed by atoms with E-state index >= 15 is 0 Å².